The number of nitrogens with zero attached hydrogens (tertiary/aromatic N) is 2. The normalized spacial score (nSPS) is 17.8. The van der Waals surface area contributed by atoms with Gasteiger partial charge < -0.3 is 8.83 Å². The lowest BCUT2D eigenvalue weighted by molar-refractivity contribution is -0.122. The number of thiocarbonyl (C=S) groups is 1. The second-order valence-corrected chi connectivity index (χ2v) is 5.44. The molecule has 0 unspecified atom stereocenters. The summed E-state index contributed by atoms with van der Waals surface area (Å²) >= 11 is 6.32. The number of furan rings is 2. The Labute approximate surface area is 123 Å². The molecule has 100 valence electrons. The third-order valence-corrected chi connectivity index (χ3v) is 3.72. The van der Waals surface area contributed by atoms with Gasteiger partial charge in [0.25, 0.3) is 5.91 Å². The van der Waals surface area contributed by atoms with Gasteiger partial charge in [0.2, 0.25) is 0 Å². The van der Waals surface area contributed by atoms with E-state index in [-0.39, 0.29) is 5.91 Å². The van der Waals surface area contributed by atoms with Crippen molar-refractivity contribution in [2.24, 2.45) is 5.10 Å². The molecule has 7 heteroatoms. The Hall–Kier alpha value is -2.12. The summed E-state index contributed by atoms with van der Waals surface area (Å²) < 4.78 is 10.7. The SMILES string of the molecule is O=C1/C(=C/c2ccco2)SC(=S)N1N=Cc1ccco1. The van der Waals surface area contributed by atoms with Gasteiger partial charge in [-0.25, -0.2) is 0 Å². The van der Waals surface area contributed by atoms with Gasteiger partial charge in [-0.2, -0.15) is 10.1 Å². The molecule has 3 heterocycles. The molecular weight excluding hydrogens is 296 g/mol. The highest BCUT2D eigenvalue weighted by Crippen LogP contribution is 2.32. The van der Waals surface area contributed by atoms with Gasteiger partial charge in [-0.3, -0.25) is 4.79 Å². The predicted octanol–water partition coefficient (Wildman–Crippen LogP) is 3.11. The molecule has 2 aromatic rings. The van der Waals surface area contributed by atoms with Crippen LogP contribution in [0.1, 0.15) is 11.5 Å². The fourth-order valence-electron chi connectivity index (χ4n) is 1.54. The summed E-state index contributed by atoms with van der Waals surface area (Å²) in [6.45, 7) is 0. The Balaban J connectivity index is 1.80. The van der Waals surface area contributed by atoms with E-state index in [0.717, 1.165) is 5.01 Å². The molecule has 2 aromatic heterocycles. The maximum absolute atomic E-state index is 12.2. The molecule has 20 heavy (non-hydrogen) atoms. The molecule has 0 aliphatic carbocycles. The average molecular weight is 304 g/mol. The Morgan fingerprint density at radius 1 is 1.20 bits per heavy atom. The van der Waals surface area contributed by atoms with Crippen LogP contribution in [0.5, 0.6) is 0 Å². The van der Waals surface area contributed by atoms with E-state index in [1.165, 1.54) is 24.2 Å². The largest absolute Gasteiger partial charge is 0.465 e. The van der Waals surface area contributed by atoms with Crippen LogP contribution in [0.2, 0.25) is 0 Å². The van der Waals surface area contributed by atoms with Crippen molar-refractivity contribution < 1.29 is 13.6 Å². The molecule has 0 N–H and O–H groups in total. The van der Waals surface area contributed by atoms with Gasteiger partial charge in [-0.15, -0.1) is 0 Å². The highest BCUT2D eigenvalue weighted by Gasteiger charge is 2.32. The molecular formula is C13H8N2O3S2. The first-order valence-corrected chi connectivity index (χ1v) is 6.85. The van der Waals surface area contributed by atoms with E-state index in [1.807, 2.05) is 0 Å². The third kappa shape index (κ3) is 2.59. The molecule has 5 nitrogen and oxygen atoms in total. The smallest absolute Gasteiger partial charge is 0.286 e. The summed E-state index contributed by atoms with van der Waals surface area (Å²) in [4.78, 5) is 12.6. The molecule has 1 fully saturated rings. The topological polar surface area (TPSA) is 59.0 Å². The van der Waals surface area contributed by atoms with Crippen LogP contribution in [-0.4, -0.2) is 21.5 Å². The van der Waals surface area contributed by atoms with Crippen LogP contribution in [0.3, 0.4) is 0 Å². The molecule has 3 rings (SSSR count). The van der Waals surface area contributed by atoms with E-state index in [4.69, 9.17) is 21.1 Å². The third-order valence-electron chi connectivity index (χ3n) is 2.43. The monoisotopic (exact) mass is 304 g/mol. The Bertz CT molecular complexity index is 687. The van der Waals surface area contributed by atoms with E-state index in [1.54, 1.807) is 36.6 Å². The standard InChI is InChI=1S/C13H8N2O3S2/c16-12-11(7-9-3-1-5-17-9)20-13(19)15(12)14-8-10-4-2-6-18-10/h1-8H/b11-7-,14-8?. The van der Waals surface area contributed by atoms with Crippen molar-refractivity contribution >= 4 is 46.5 Å². The first-order chi connectivity index (χ1) is 9.74. The number of hydrogen-bond acceptors (Lipinski definition) is 6. The van der Waals surface area contributed by atoms with Gasteiger partial charge in [0.05, 0.1) is 23.6 Å². The van der Waals surface area contributed by atoms with Gasteiger partial charge >= 0.3 is 0 Å². The van der Waals surface area contributed by atoms with Gasteiger partial charge in [0.15, 0.2) is 4.32 Å². The zero-order chi connectivity index (χ0) is 13.9. The van der Waals surface area contributed by atoms with Gasteiger partial charge in [0, 0.05) is 6.08 Å². The lowest BCUT2D eigenvalue weighted by Crippen LogP contribution is -2.22. The van der Waals surface area contributed by atoms with Crippen LogP contribution in [-0.2, 0) is 4.79 Å². The quantitative estimate of drug-likeness (QED) is 0.495. The van der Waals surface area contributed by atoms with Crippen LogP contribution >= 0.6 is 24.0 Å². The second kappa shape index (κ2) is 5.48. The fraction of sp³-hybridized carbons (Fsp3) is 0. The van der Waals surface area contributed by atoms with E-state index >= 15 is 0 Å². The lowest BCUT2D eigenvalue weighted by atomic mass is 10.4. The molecule has 1 aliphatic rings. The number of carbonyl (C=O) groups is 1. The van der Waals surface area contributed by atoms with Crippen molar-refractivity contribution in [1.29, 1.82) is 0 Å². The summed E-state index contributed by atoms with van der Waals surface area (Å²) in [6.07, 6.45) is 6.16. The molecule has 0 spiro atoms. The van der Waals surface area contributed by atoms with Crippen LogP contribution < -0.4 is 0 Å². The second-order valence-electron chi connectivity index (χ2n) is 3.77. The summed E-state index contributed by atoms with van der Waals surface area (Å²) in [5.74, 6) is 0.869. The maximum Gasteiger partial charge on any atom is 0.286 e. The lowest BCUT2D eigenvalue weighted by Gasteiger charge is -2.04. The van der Waals surface area contributed by atoms with E-state index in [9.17, 15) is 4.79 Å². The van der Waals surface area contributed by atoms with Crippen LogP contribution in [0.15, 0.2) is 55.6 Å². The molecule has 0 bridgehead atoms. The number of amides is 1. The minimum Gasteiger partial charge on any atom is -0.465 e. The zero-order valence-corrected chi connectivity index (χ0v) is 11.7. The fourth-order valence-corrected chi connectivity index (χ4v) is 2.69. The zero-order valence-electron chi connectivity index (χ0n) is 10.1. The summed E-state index contributed by atoms with van der Waals surface area (Å²) in [7, 11) is 0. The molecule has 1 amide bonds. The first-order valence-electron chi connectivity index (χ1n) is 5.63. The van der Waals surface area contributed by atoms with Crippen molar-refractivity contribution in [3.63, 3.8) is 0 Å². The van der Waals surface area contributed by atoms with Crippen LogP contribution in [0.25, 0.3) is 6.08 Å². The van der Waals surface area contributed by atoms with Gasteiger partial charge in [-0.05, 0) is 36.5 Å². The molecule has 1 aliphatic heterocycles. The number of carbonyl (C=O) groups excluding carboxylic acids is 1. The Kier molecular flexibility index (Phi) is 3.53. The number of thioether (sulfide) groups is 1. The molecule has 0 atom stereocenters. The Morgan fingerprint density at radius 3 is 2.55 bits per heavy atom. The summed E-state index contributed by atoms with van der Waals surface area (Å²) in [6, 6.07) is 6.99. The number of hydrogen-bond donors (Lipinski definition) is 0. The summed E-state index contributed by atoms with van der Waals surface area (Å²) in [5.41, 5.74) is 0. The molecule has 0 aromatic carbocycles. The van der Waals surface area contributed by atoms with Crippen molar-refractivity contribution in [2.45, 2.75) is 0 Å². The van der Waals surface area contributed by atoms with Crippen molar-refractivity contribution in [1.82, 2.24) is 5.01 Å². The van der Waals surface area contributed by atoms with Gasteiger partial charge in [-0.1, -0.05) is 11.8 Å². The molecule has 0 radical (unpaired) electrons. The minimum absolute atomic E-state index is 0.279. The molecule has 1 saturated heterocycles. The van der Waals surface area contributed by atoms with Crippen molar-refractivity contribution in [3.8, 4) is 0 Å². The first kappa shape index (κ1) is 12.9. The number of hydrazone groups is 1. The number of rotatable bonds is 3. The van der Waals surface area contributed by atoms with Crippen molar-refractivity contribution in [3.05, 3.63) is 53.2 Å². The highest BCUT2D eigenvalue weighted by atomic mass is 32.2. The van der Waals surface area contributed by atoms with Crippen LogP contribution in [0.4, 0.5) is 0 Å². The maximum atomic E-state index is 12.2. The van der Waals surface area contributed by atoms with E-state index in [2.05, 4.69) is 5.10 Å². The Morgan fingerprint density at radius 2 is 1.90 bits per heavy atom. The van der Waals surface area contributed by atoms with E-state index < -0.39 is 0 Å². The average Bonchev–Trinajstić information content (AvgIpc) is 3.13. The van der Waals surface area contributed by atoms with E-state index in [0.29, 0.717) is 20.7 Å². The van der Waals surface area contributed by atoms with Gasteiger partial charge in [0.1, 0.15) is 11.5 Å². The minimum atomic E-state index is -0.279. The molecule has 0 saturated carbocycles. The van der Waals surface area contributed by atoms with Crippen LogP contribution in [0, 0.1) is 0 Å². The van der Waals surface area contributed by atoms with Crippen molar-refractivity contribution in [2.75, 3.05) is 0 Å². The highest BCUT2D eigenvalue weighted by molar-refractivity contribution is 8.26. The predicted molar refractivity (Wildman–Crippen MR) is 80.0 cm³/mol. The summed E-state index contributed by atoms with van der Waals surface area (Å²) in [5, 5.41) is 5.20.